The van der Waals surface area contributed by atoms with Crippen LogP contribution < -0.4 is 10.1 Å². The van der Waals surface area contributed by atoms with Gasteiger partial charge in [-0.15, -0.1) is 0 Å². The van der Waals surface area contributed by atoms with Crippen LogP contribution in [0, 0.1) is 6.92 Å². The van der Waals surface area contributed by atoms with Gasteiger partial charge in [0.15, 0.2) is 0 Å². The summed E-state index contributed by atoms with van der Waals surface area (Å²) in [6.45, 7) is 3.69. The van der Waals surface area contributed by atoms with Gasteiger partial charge in [0.1, 0.15) is 5.75 Å². The quantitative estimate of drug-likeness (QED) is 0.647. The highest BCUT2D eigenvalue weighted by Crippen LogP contribution is 2.12. The molecule has 0 unspecified atom stereocenters. The van der Waals surface area contributed by atoms with E-state index in [1.807, 2.05) is 19.1 Å². The lowest BCUT2D eigenvalue weighted by Gasteiger charge is -2.06. The summed E-state index contributed by atoms with van der Waals surface area (Å²) in [6.07, 6.45) is 0. The molecule has 0 aliphatic carbocycles. The lowest BCUT2D eigenvalue weighted by molar-refractivity contribution is 0.412. The zero-order chi connectivity index (χ0) is 10.4. The van der Waals surface area contributed by atoms with Crippen molar-refractivity contribution in [3.05, 3.63) is 23.5 Å². The Kier molecular flexibility index (Phi) is 4.90. The third kappa shape index (κ3) is 3.64. The predicted octanol–water partition coefficient (Wildman–Crippen LogP) is 1.88. The maximum absolute atomic E-state index is 5.16. The summed E-state index contributed by atoms with van der Waals surface area (Å²) in [6, 6.07) is 3.88. The van der Waals surface area contributed by atoms with Crippen LogP contribution in [0.1, 0.15) is 11.4 Å². The first-order chi connectivity index (χ1) is 6.76. The van der Waals surface area contributed by atoms with Crippen molar-refractivity contribution in [2.24, 2.45) is 0 Å². The van der Waals surface area contributed by atoms with Gasteiger partial charge in [0.05, 0.1) is 12.8 Å². The predicted molar refractivity (Wildman–Crippen MR) is 61.0 cm³/mol. The molecule has 0 radical (unpaired) electrons. The number of hydrogen-bond acceptors (Lipinski definition) is 3. The molecule has 0 bridgehead atoms. The summed E-state index contributed by atoms with van der Waals surface area (Å²) in [5.41, 5.74) is 2.00. The lowest BCUT2D eigenvalue weighted by Crippen LogP contribution is -2.16. The minimum atomic E-state index is 0.781. The number of aromatic nitrogens is 1. The summed E-state index contributed by atoms with van der Waals surface area (Å²) in [4.78, 5) is 4.40. The van der Waals surface area contributed by atoms with Crippen molar-refractivity contribution in [2.45, 2.75) is 13.5 Å². The van der Waals surface area contributed by atoms with Crippen LogP contribution >= 0.6 is 15.9 Å². The fourth-order valence-electron chi connectivity index (χ4n) is 1.19. The molecule has 14 heavy (non-hydrogen) atoms. The molecule has 0 saturated heterocycles. The van der Waals surface area contributed by atoms with E-state index in [0.717, 1.165) is 35.6 Å². The number of halogens is 1. The number of nitrogens with zero attached hydrogens (tertiary/aromatic N) is 1. The van der Waals surface area contributed by atoms with Gasteiger partial charge >= 0.3 is 0 Å². The van der Waals surface area contributed by atoms with E-state index in [2.05, 4.69) is 26.2 Å². The molecule has 4 heteroatoms. The zero-order valence-corrected chi connectivity index (χ0v) is 10.1. The van der Waals surface area contributed by atoms with Crippen LogP contribution in [0.15, 0.2) is 12.1 Å². The van der Waals surface area contributed by atoms with Crippen molar-refractivity contribution in [1.82, 2.24) is 10.3 Å². The molecule has 1 N–H and O–H groups in total. The molecule has 0 aliphatic rings. The second kappa shape index (κ2) is 5.98. The molecule has 0 saturated carbocycles. The average molecular weight is 259 g/mol. The molecule has 1 aromatic heterocycles. The van der Waals surface area contributed by atoms with Gasteiger partial charge in [-0.3, -0.25) is 4.98 Å². The second-order valence-corrected chi connectivity index (χ2v) is 3.80. The Hall–Kier alpha value is -0.610. The minimum Gasteiger partial charge on any atom is -0.497 e. The first-order valence-electron chi connectivity index (χ1n) is 4.54. The lowest BCUT2D eigenvalue weighted by atomic mass is 10.3. The molecular formula is C10H15BrN2O. The Bertz CT molecular complexity index is 291. The second-order valence-electron chi connectivity index (χ2n) is 3.01. The van der Waals surface area contributed by atoms with Gasteiger partial charge in [-0.05, 0) is 6.92 Å². The summed E-state index contributed by atoms with van der Waals surface area (Å²) in [5.74, 6) is 0.869. The van der Waals surface area contributed by atoms with Gasteiger partial charge in [-0.25, -0.2) is 0 Å². The summed E-state index contributed by atoms with van der Waals surface area (Å²) in [7, 11) is 1.67. The van der Waals surface area contributed by atoms with Gasteiger partial charge in [-0.1, -0.05) is 15.9 Å². The molecule has 0 aliphatic heterocycles. The molecule has 1 aromatic rings. The van der Waals surface area contributed by atoms with Crippen molar-refractivity contribution in [3.63, 3.8) is 0 Å². The van der Waals surface area contributed by atoms with Gasteiger partial charge < -0.3 is 10.1 Å². The smallest absolute Gasteiger partial charge is 0.122 e. The highest BCUT2D eigenvalue weighted by molar-refractivity contribution is 9.09. The van der Waals surface area contributed by atoms with Crippen LogP contribution in [-0.4, -0.2) is 24.0 Å². The van der Waals surface area contributed by atoms with Gasteiger partial charge in [0.25, 0.3) is 0 Å². The first-order valence-corrected chi connectivity index (χ1v) is 5.66. The Balaban J connectivity index is 2.62. The van der Waals surface area contributed by atoms with Crippen molar-refractivity contribution < 1.29 is 4.74 Å². The number of pyridine rings is 1. The number of nitrogens with one attached hydrogen (secondary N) is 1. The topological polar surface area (TPSA) is 34.1 Å². The number of ether oxygens (including phenoxy) is 1. The maximum atomic E-state index is 5.16. The van der Waals surface area contributed by atoms with Gasteiger partial charge in [-0.2, -0.15) is 0 Å². The monoisotopic (exact) mass is 258 g/mol. The zero-order valence-electron chi connectivity index (χ0n) is 8.51. The normalized spacial score (nSPS) is 10.2. The molecule has 0 aromatic carbocycles. The number of aryl methyl sites for hydroxylation is 1. The molecule has 3 nitrogen and oxygen atoms in total. The third-order valence-corrected chi connectivity index (χ3v) is 2.19. The largest absolute Gasteiger partial charge is 0.497 e. The summed E-state index contributed by atoms with van der Waals surface area (Å²) >= 11 is 3.36. The van der Waals surface area contributed by atoms with Gasteiger partial charge in [0.2, 0.25) is 0 Å². The average Bonchev–Trinajstić information content (AvgIpc) is 2.17. The van der Waals surface area contributed by atoms with E-state index in [9.17, 15) is 0 Å². The van der Waals surface area contributed by atoms with Gasteiger partial charge in [0, 0.05) is 36.2 Å². The molecule has 0 fully saturated rings. The SMILES string of the molecule is COc1cc(C)nc(CNCCBr)c1. The fraction of sp³-hybridized carbons (Fsp3) is 0.500. The molecular weight excluding hydrogens is 244 g/mol. The Labute approximate surface area is 93.0 Å². The molecule has 78 valence electrons. The van der Waals surface area contributed by atoms with Crippen molar-refractivity contribution >= 4 is 15.9 Å². The molecule has 0 spiro atoms. The third-order valence-electron chi connectivity index (χ3n) is 1.79. The van der Waals surface area contributed by atoms with Crippen molar-refractivity contribution in [1.29, 1.82) is 0 Å². The van der Waals surface area contributed by atoms with Crippen LogP contribution in [0.2, 0.25) is 0 Å². The summed E-state index contributed by atoms with van der Waals surface area (Å²) < 4.78 is 5.16. The van der Waals surface area contributed by atoms with E-state index < -0.39 is 0 Å². The number of rotatable bonds is 5. The Morgan fingerprint density at radius 3 is 2.93 bits per heavy atom. The van der Waals surface area contributed by atoms with Crippen molar-refractivity contribution in [3.8, 4) is 5.75 Å². The van der Waals surface area contributed by atoms with E-state index in [-0.39, 0.29) is 0 Å². The highest BCUT2D eigenvalue weighted by Gasteiger charge is 1.99. The number of alkyl halides is 1. The molecule has 0 atom stereocenters. The number of hydrogen-bond donors (Lipinski definition) is 1. The van der Waals surface area contributed by atoms with E-state index in [1.54, 1.807) is 7.11 Å². The Morgan fingerprint density at radius 2 is 2.29 bits per heavy atom. The fourth-order valence-corrected chi connectivity index (χ4v) is 1.47. The van der Waals surface area contributed by atoms with E-state index in [1.165, 1.54) is 0 Å². The molecule has 1 heterocycles. The maximum Gasteiger partial charge on any atom is 0.122 e. The summed E-state index contributed by atoms with van der Waals surface area (Å²) in [5, 5.41) is 4.22. The standard InChI is InChI=1S/C10H15BrN2O/c1-8-5-10(14-2)6-9(13-8)7-12-4-3-11/h5-6,12H,3-4,7H2,1-2H3. The van der Waals surface area contributed by atoms with E-state index in [0.29, 0.717) is 0 Å². The van der Waals surface area contributed by atoms with Crippen LogP contribution in [0.5, 0.6) is 5.75 Å². The molecule has 1 rings (SSSR count). The van der Waals surface area contributed by atoms with Crippen LogP contribution in [0.3, 0.4) is 0 Å². The highest BCUT2D eigenvalue weighted by atomic mass is 79.9. The van der Waals surface area contributed by atoms with E-state index >= 15 is 0 Å². The van der Waals surface area contributed by atoms with Crippen LogP contribution in [-0.2, 0) is 6.54 Å². The first kappa shape index (κ1) is 11.5. The molecule has 0 amide bonds. The minimum absolute atomic E-state index is 0.781. The van der Waals surface area contributed by atoms with Crippen molar-refractivity contribution in [2.75, 3.05) is 19.0 Å². The van der Waals surface area contributed by atoms with E-state index in [4.69, 9.17) is 4.74 Å². The number of methoxy groups -OCH3 is 1. The Morgan fingerprint density at radius 1 is 1.50 bits per heavy atom. The van der Waals surface area contributed by atoms with Crippen LogP contribution in [0.25, 0.3) is 0 Å². The van der Waals surface area contributed by atoms with Crippen LogP contribution in [0.4, 0.5) is 0 Å².